The van der Waals surface area contributed by atoms with Crippen molar-refractivity contribution >= 4 is 27.7 Å². The quantitative estimate of drug-likeness (QED) is 0.580. The highest BCUT2D eigenvalue weighted by Gasteiger charge is 2.21. The van der Waals surface area contributed by atoms with Gasteiger partial charge in [-0.15, -0.1) is 0 Å². The summed E-state index contributed by atoms with van der Waals surface area (Å²) < 4.78 is 23.5. The molecule has 0 aliphatic heterocycles. The second-order valence-electron chi connectivity index (χ2n) is 4.76. The molecule has 0 amide bonds. The molecule has 0 fully saturated rings. The maximum atomic E-state index is 13.0. The third-order valence-corrected chi connectivity index (χ3v) is 3.83. The third-order valence-electron chi connectivity index (χ3n) is 3.18. The summed E-state index contributed by atoms with van der Waals surface area (Å²) >= 11 is 3.10. The van der Waals surface area contributed by atoms with Gasteiger partial charge in [0.25, 0.3) is 0 Å². The van der Waals surface area contributed by atoms with E-state index in [1.807, 2.05) is 0 Å². The summed E-state index contributed by atoms with van der Waals surface area (Å²) in [5, 5.41) is 0. The first-order valence-electron chi connectivity index (χ1n) is 6.76. The minimum Gasteiger partial charge on any atom is -0.497 e. The first-order valence-corrected chi connectivity index (χ1v) is 7.56. The average Bonchev–Trinajstić information content (AvgIpc) is 2.54. The van der Waals surface area contributed by atoms with E-state index in [1.54, 1.807) is 24.3 Å². The number of methoxy groups -OCH3 is 1. The highest BCUT2D eigenvalue weighted by atomic mass is 79.9. The Kier molecular flexibility index (Phi) is 5.50. The van der Waals surface area contributed by atoms with E-state index in [-0.39, 0.29) is 15.8 Å². The Balaban J connectivity index is 2.09. The van der Waals surface area contributed by atoms with Crippen LogP contribution >= 0.6 is 15.9 Å². The van der Waals surface area contributed by atoms with E-state index in [1.165, 1.54) is 20.1 Å². The fourth-order valence-electron chi connectivity index (χ4n) is 1.92. The Morgan fingerprint density at radius 3 is 2.35 bits per heavy atom. The van der Waals surface area contributed by atoms with Crippen molar-refractivity contribution in [2.24, 2.45) is 0 Å². The molecule has 0 spiro atoms. The first-order chi connectivity index (χ1) is 10.9. The first kappa shape index (κ1) is 17.1. The van der Waals surface area contributed by atoms with Gasteiger partial charge in [-0.2, -0.15) is 0 Å². The van der Waals surface area contributed by atoms with Crippen LogP contribution in [0.25, 0.3) is 0 Å². The van der Waals surface area contributed by atoms with E-state index in [4.69, 9.17) is 9.47 Å². The van der Waals surface area contributed by atoms with Gasteiger partial charge in [-0.3, -0.25) is 4.79 Å². The van der Waals surface area contributed by atoms with E-state index in [0.717, 1.165) is 12.1 Å². The molecule has 2 aromatic rings. The Morgan fingerprint density at radius 1 is 1.13 bits per heavy atom. The molecule has 0 aliphatic rings. The summed E-state index contributed by atoms with van der Waals surface area (Å²) in [6, 6.07) is 10.1. The molecule has 2 aromatic carbocycles. The number of rotatable bonds is 5. The molecule has 0 saturated carbocycles. The monoisotopic (exact) mass is 380 g/mol. The second kappa shape index (κ2) is 7.37. The van der Waals surface area contributed by atoms with Gasteiger partial charge in [0.15, 0.2) is 6.10 Å². The van der Waals surface area contributed by atoms with E-state index in [2.05, 4.69) is 15.9 Å². The van der Waals surface area contributed by atoms with Crippen LogP contribution in [0.2, 0.25) is 0 Å². The maximum Gasteiger partial charge on any atom is 0.340 e. The molecule has 0 aliphatic carbocycles. The van der Waals surface area contributed by atoms with Gasteiger partial charge < -0.3 is 9.47 Å². The summed E-state index contributed by atoms with van der Waals surface area (Å²) in [6.07, 6.45) is -0.965. The van der Waals surface area contributed by atoms with Crippen molar-refractivity contribution in [3.63, 3.8) is 0 Å². The normalized spacial score (nSPS) is 11.7. The van der Waals surface area contributed by atoms with Gasteiger partial charge in [-0.05, 0) is 65.3 Å². The molecule has 0 bridgehead atoms. The summed E-state index contributed by atoms with van der Waals surface area (Å²) in [6.45, 7) is 1.49. The van der Waals surface area contributed by atoms with Crippen molar-refractivity contribution in [1.82, 2.24) is 0 Å². The lowest BCUT2D eigenvalue weighted by Crippen LogP contribution is -2.24. The van der Waals surface area contributed by atoms with Crippen LogP contribution in [0.15, 0.2) is 46.9 Å². The van der Waals surface area contributed by atoms with Crippen molar-refractivity contribution in [3.8, 4) is 5.75 Å². The van der Waals surface area contributed by atoms with E-state index in [0.29, 0.717) is 11.3 Å². The SMILES string of the molecule is COc1ccc(C(=O)[C@@H](C)OC(=O)c2ccc(F)cc2Br)cc1. The van der Waals surface area contributed by atoms with E-state index >= 15 is 0 Å². The molecule has 120 valence electrons. The molecule has 0 saturated heterocycles. The van der Waals surface area contributed by atoms with Crippen molar-refractivity contribution < 1.29 is 23.5 Å². The zero-order chi connectivity index (χ0) is 17.0. The molecule has 0 unspecified atom stereocenters. The minimum atomic E-state index is -0.965. The predicted molar refractivity (Wildman–Crippen MR) is 86.3 cm³/mol. The highest BCUT2D eigenvalue weighted by Crippen LogP contribution is 2.20. The molecule has 0 heterocycles. The molecule has 2 rings (SSSR count). The van der Waals surface area contributed by atoms with Crippen LogP contribution in [0, 0.1) is 5.82 Å². The number of ketones is 1. The summed E-state index contributed by atoms with van der Waals surface area (Å²) in [7, 11) is 1.53. The molecular formula is C17H14BrFO4. The van der Waals surface area contributed by atoms with Crippen LogP contribution in [0.5, 0.6) is 5.75 Å². The van der Waals surface area contributed by atoms with Crippen LogP contribution in [0.4, 0.5) is 4.39 Å². The summed E-state index contributed by atoms with van der Waals surface area (Å²) in [5.41, 5.74) is 0.560. The van der Waals surface area contributed by atoms with Gasteiger partial charge in [0.05, 0.1) is 12.7 Å². The molecule has 1 atom stereocenters. The number of Topliss-reactive ketones (excluding diaryl/α,β-unsaturated/α-hetero) is 1. The third kappa shape index (κ3) is 4.16. The van der Waals surface area contributed by atoms with Gasteiger partial charge in [0.1, 0.15) is 11.6 Å². The summed E-state index contributed by atoms with van der Waals surface area (Å²) in [5.74, 6) is -0.886. The Bertz CT molecular complexity index is 728. The number of carbonyl (C=O) groups excluding carboxylic acids is 2. The van der Waals surface area contributed by atoms with E-state index < -0.39 is 17.9 Å². The maximum absolute atomic E-state index is 13.0. The van der Waals surface area contributed by atoms with Crippen LogP contribution in [-0.4, -0.2) is 25.0 Å². The smallest absolute Gasteiger partial charge is 0.340 e. The molecule has 6 heteroatoms. The fraction of sp³-hybridized carbons (Fsp3) is 0.176. The predicted octanol–water partition coefficient (Wildman–Crippen LogP) is 4.03. The van der Waals surface area contributed by atoms with Crippen LogP contribution < -0.4 is 4.74 Å². The van der Waals surface area contributed by atoms with Crippen molar-refractivity contribution in [2.45, 2.75) is 13.0 Å². The number of hydrogen-bond donors (Lipinski definition) is 0. The van der Waals surface area contributed by atoms with Crippen LogP contribution in [0.1, 0.15) is 27.6 Å². The van der Waals surface area contributed by atoms with E-state index in [9.17, 15) is 14.0 Å². The molecule has 4 nitrogen and oxygen atoms in total. The number of halogens is 2. The number of carbonyl (C=O) groups is 2. The zero-order valence-electron chi connectivity index (χ0n) is 12.5. The molecule has 23 heavy (non-hydrogen) atoms. The van der Waals surface area contributed by atoms with Crippen LogP contribution in [0.3, 0.4) is 0 Å². The lowest BCUT2D eigenvalue weighted by atomic mass is 10.1. The number of esters is 1. The van der Waals surface area contributed by atoms with Crippen molar-refractivity contribution in [2.75, 3.05) is 7.11 Å². The number of benzene rings is 2. The topological polar surface area (TPSA) is 52.6 Å². The number of hydrogen-bond acceptors (Lipinski definition) is 4. The highest BCUT2D eigenvalue weighted by molar-refractivity contribution is 9.10. The molecule has 0 aromatic heterocycles. The Labute approximate surface area is 141 Å². The minimum absolute atomic E-state index is 0.154. The van der Waals surface area contributed by atoms with Gasteiger partial charge in [-0.25, -0.2) is 9.18 Å². The average molecular weight is 381 g/mol. The Hall–Kier alpha value is -2.21. The van der Waals surface area contributed by atoms with Gasteiger partial charge in [0, 0.05) is 10.0 Å². The lowest BCUT2D eigenvalue weighted by Gasteiger charge is -2.13. The lowest BCUT2D eigenvalue weighted by molar-refractivity contribution is 0.0318. The standard InChI is InChI=1S/C17H14BrFO4/c1-10(16(20)11-3-6-13(22-2)7-4-11)23-17(21)14-8-5-12(19)9-15(14)18/h3-10H,1-2H3/t10-/m1/s1. The van der Waals surface area contributed by atoms with Gasteiger partial charge in [-0.1, -0.05) is 0 Å². The molecule has 0 N–H and O–H groups in total. The zero-order valence-corrected chi connectivity index (χ0v) is 14.1. The number of ether oxygens (including phenoxy) is 2. The Morgan fingerprint density at radius 2 is 1.78 bits per heavy atom. The van der Waals surface area contributed by atoms with Crippen LogP contribution in [-0.2, 0) is 4.74 Å². The van der Waals surface area contributed by atoms with Gasteiger partial charge in [0.2, 0.25) is 5.78 Å². The van der Waals surface area contributed by atoms with Crippen molar-refractivity contribution in [3.05, 3.63) is 63.9 Å². The van der Waals surface area contributed by atoms with Crippen molar-refractivity contribution in [1.29, 1.82) is 0 Å². The second-order valence-corrected chi connectivity index (χ2v) is 5.62. The largest absolute Gasteiger partial charge is 0.497 e. The summed E-state index contributed by atoms with van der Waals surface area (Å²) in [4.78, 5) is 24.3. The molecule has 0 radical (unpaired) electrons. The fourth-order valence-corrected chi connectivity index (χ4v) is 2.44. The van der Waals surface area contributed by atoms with Gasteiger partial charge >= 0.3 is 5.97 Å². The molecular weight excluding hydrogens is 367 g/mol.